The highest BCUT2D eigenvalue weighted by atomic mass is 16.2. The van der Waals surface area contributed by atoms with Crippen molar-refractivity contribution in [2.24, 2.45) is 0 Å². The van der Waals surface area contributed by atoms with Crippen molar-refractivity contribution in [2.75, 3.05) is 0 Å². The number of hydrogen-bond donors (Lipinski definition) is 1. The monoisotopic (exact) mass is 343 g/mol. The molecule has 0 unspecified atom stereocenters. The van der Waals surface area contributed by atoms with Gasteiger partial charge in [-0.2, -0.15) is 0 Å². The molecule has 3 rings (SSSR count). The van der Waals surface area contributed by atoms with Crippen LogP contribution in [0.2, 0.25) is 0 Å². The van der Waals surface area contributed by atoms with Crippen LogP contribution in [0.15, 0.2) is 29.3 Å². The Morgan fingerprint density at radius 2 is 2.12 bits per heavy atom. The summed E-state index contributed by atoms with van der Waals surface area (Å²) in [4.78, 5) is 24.2. The van der Waals surface area contributed by atoms with Gasteiger partial charge in [0.15, 0.2) is 5.82 Å². The van der Waals surface area contributed by atoms with Crippen molar-refractivity contribution in [1.82, 2.24) is 24.6 Å². The normalized spacial score (nSPS) is 16.1. The Hall–Kier alpha value is -2.44. The lowest BCUT2D eigenvalue weighted by atomic mass is 10.2. The average Bonchev–Trinajstić information content (AvgIpc) is 3.25. The van der Waals surface area contributed by atoms with Crippen LogP contribution in [0.4, 0.5) is 0 Å². The van der Waals surface area contributed by atoms with Crippen molar-refractivity contribution in [3.05, 3.63) is 46.4 Å². The summed E-state index contributed by atoms with van der Waals surface area (Å²) in [6.07, 6.45) is 6.76. The first-order valence-electron chi connectivity index (χ1n) is 8.91. The quantitative estimate of drug-likeness (QED) is 0.871. The summed E-state index contributed by atoms with van der Waals surface area (Å²) in [7, 11) is 0. The van der Waals surface area contributed by atoms with Crippen LogP contribution in [-0.4, -0.2) is 25.2 Å². The highest BCUT2D eigenvalue weighted by molar-refractivity contribution is 5.76. The molecule has 1 saturated carbocycles. The Kier molecular flexibility index (Phi) is 5.31. The minimum atomic E-state index is -0.204. The second kappa shape index (κ2) is 7.63. The van der Waals surface area contributed by atoms with E-state index in [9.17, 15) is 9.59 Å². The van der Waals surface area contributed by atoms with Crippen molar-refractivity contribution in [1.29, 1.82) is 0 Å². The molecule has 7 nitrogen and oxygen atoms in total. The van der Waals surface area contributed by atoms with Crippen molar-refractivity contribution in [3.8, 4) is 0 Å². The molecule has 1 aliphatic rings. The van der Waals surface area contributed by atoms with Crippen LogP contribution in [0.3, 0.4) is 0 Å². The number of nitrogens with zero attached hydrogens (tertiary/aromatic N) is 4. The number of nitrogens with one attached hydrogen (secondary N) is 1. The summed E-state index contributed by atoms with van der Waals surface area (Å²) in [6, 6.07) is 5.34. The standard InChI is InChI=1S/C18H25N5O2/c1-13-6-5-9-17(25)22(13)11-10-16(24)20-14(2)18-21-19-12-23(18)15-7-3-4-8-15/h5-6,9,12,14-15H,3-4,7-8,10-11H2,1-2H3,(H,20,24)/t14-/m0/s1. The maximum atomic E-state index is 12.3. The lowest BCUT2D eigenvalue weighted by Gasteiger charge is -2.19. The summed E-state index contributed by atoms with van der Waals surface area (Å²) in [5.74, 6) is 0.705. The average molecular weight is 343 g/mol. The third kappa shape index (κ3) is 3.97. The van der Waals surface area contributed by atoms with Crippen molar-refractivity contribution in [3.63, 3.8) is 0 Å². The van der Waals surface area contributed by atoms with Gasteiger partial charge in [0.05, 0.1) is 6.04 Å². The molecule has 1 fully saturated rings. The van der Waals surface area contributed by atoms with Crippen LogP contribution >= 0.6 is 0 Å². The Bertz CT molecular complexity index is 789. The maximum Gasteiger partial charge on any atom is 0.250 e. The number of carbonyl (C=O) groups excluding carboxylic acids is 1. The number of aryl methyl sites for hydroxylation is 1. The third-order valence-electron chi connectivity index (χ3n) is 4.91. The molecule has 0 radical (unpaired) electrons. The van der Waals surface area contributed by atoms with Gasteiger partial charge in [0.1, 0.15) is 6.33 Å². The van der Waals surface area contributed by atoms with Crippen LogP contribution in [-0.2, 0) is 11.3 Å². The van der Waals surface area contributed by atoms with E-state index in [-0.39, 0.29) is 23.9 Å². The second-order valence-electron chi connectivity index (χ2n) is 6.73. The van der Waals surface area contributed by atoms with Crippen LogP contribution in [0.5, 0.6) is 0 Å². The topological polar surface area (TPSA) is 81.8 Å². The molecule has 134 valence electrons. The predicted octanol–water partition coefficient (Wildman–Crippen LogP) is 2.13. The highest BCUT2D eigenvalue weighted by Crippen LogP contribution is 2.31. The first kappa shape index (κ1) is 17.4. The van der Waals surface area contributed by atoms with E-state index >= 15 is 0 Å². The maximum absolute atomic E-state index is 12.3. The lowest BCUT2D eigenvalue weighted by molar-refractivity contribution is -0.122. The number of amides is 1. The molecule has 2 heterocycles. The van der Waals surface area contributed by atoms with E-state index in [0.29, 0.717) is 12.6 Å². The molecule has 0 aromatic carbocycles. The molecule has 1 amide bonds. The van der Waals surface area contributed by atoms with Crippen molar-refractivity contribution < 1.29 is 4.79 Å². The molecule has 0 saturated heterocycles. The van der Waals surface area contributed by atoms with Crippen LogP contribution in [0.25, 0.3) is 0 Å². The van der Waals surface area contributed by atoms with Gasteiger partial charge < -0.3 is 14.5 Å². The van der Waals surface area contributed by atoms with Crippen molar-refractivity contribution in [2.45, 2.75) is 64.6 Å². The SMILES string of the molecule is Cc1cccc(=O)n1CCC(=O)N[C@@H](C)c1nncn1C1CCCC1. The zero-order valence-electron chi connectivity index (χ0n) is 14.8. The van der Waals surface area contributed by atoms with E-state index in [1.54, 1.807) is 17.0 Å². The number of pyridine rings is 1. The zero-order valence-corrected chi connectivity index (χ0v) is 14.8. The summed E-state index contributed by atoms with van der Waals surface area (Å²) in [5.41, 5.74) is 0.774. The summed E-state index contributed by atoms with van der Waals surface area (Å²) >= 11 is 0. The van der Waals surface area contributed by atoms with Gasteiger partial charge in [-0.1, -0.05) is 18.9 Å². The molecule has 0 aliphatic heterocycles. The zero-order chi connectivity index (χ0) is 17.8. The Morgan fingerprint density at radius 1 is 1.36 bits per heavy atom. The van der Waals surface area contributed by atoms with E-state index in [4.69, 9.17) is 0 Å². The Balaban J connectivity index is 1.60. The summed E-state index contributed by atoms with van der Waals surface area (Å²) in [5, 5.41) is 11.2. The second-order valence-corrected chi connectivity index (χ2v) is 6.73. The van der Waals surface area contributed by atoms with Crippen LogP contribution in [0, 0.1) is 6.92 Å². The van der Waals surface area contributed by atoms with Crippen LogP contribution in [0.1, 0.15) is 62.6 Å². The van der Waals surface area contributed by atoms with Gasteiger partial charge in [-0.05, 0) is 32.8 Å². The molecule has 2 aromatic heterocycles. The molecule has 0 spiro atoms. The summed E-state index contributed by atoms with van der Waals surface area (Å²) in [6.45, 7) is 4.17. The van der Waals surface area contributed by atoms with Gasteiger partial charge in [0.2, 0.25) is 5.91 Å². The molecule has 2 aromatic rings. The molecule has 1 N–H and O–H groups in total. The van der Waals surface area contributed by atoms with E-state index in [0.717, 1.165) is 24.4 Å². The number of rotatable bonds is 6. The number of aromatic nitrogens is 4. The number of carbonyl (C=O) groups is 1. The first-order valence-corrected chi connectivity index (χ1v) is 8.91. The smallest absolute Gasteiger partial charge is 0.250 e. The Morgan fingerprint density at radius 3 is 2.84 bits per heavy atom. The van der Waals surface area contributed by atoms with Gasteiger partial charge in [0.25, 0.3) is 5.56 Å². The molecular weight excluding hydrogens is 318 g/mol. The predicted molar refractivity (Wildman–Crippen MR) is 94.1 cm³/mol. The van der Waals surface area contributed by atoms with E-state index in [2.05, 4.69) is 20.1 Å². The largest absolute Gasteiger partial charge is 0.346 e. The van der Waals surface area contributed by atoms with Gasteiger partial charge in [-0.3, -0.25) is 9.59 Å². The fourth-order valence-electron chi connectivity index (χ4n) is 3.53. The summed E-state index contributed by atoms with van der Waals surface area (Å²) < 4.78 is 3.72. The first-order chi connectivity index (χ1) is 12.1. The van der Waals surface area contributed by atoms with E-state index < -0.39 is 0 Å². The van der Waals surface area contributed by atoms with E-state index in [1.807, 2.05) is 19.9 Å². The molecule has 7 heteroatoms. The highest BCUT2D eigenvalue weighted by Gasteiger charge is 2.23. The molecule has 1 aliphatic carbocycles. The minimum Gasteiger partial charge on any atom is -0.346 e. The van der Waals surface area contributed by atoms with Gasteiger partial charge >= 0.3 is 0 Å². The molecule has 25 heavy (non-hydrogen) atoms. The Labute approximate surface area is 147 Å². The molecule has 1 atom stereocenters. The lowest BCUT2D eigenvalue weighted by Crippen LogP contribution is -2.31. The van der Waals surface area contributed by atoms with Crippen LogP contribution < -0.4 is 10.9 Å². The molecule has 0 bridgehead atoms. The fraction of sp³-hybridized carbons (Fsp3) is 0.556. The van der Waals surface area contributed by atoms with Gasteiger partial charge in [-0.15, -0.1) is 10.2 Å². The van der Waals surface area contributed by atoms with Crippen molar-refractivity contribution >= 4 is 5.91 Å². The fourth-order valence-corrected chi connectivity index (χ4v) is 3.53. The van der Waals surface area contributed by atoms with Gasteiger partial charge in [-0.25, -0.2) is 0 Å². The number of hydrogen-bond acceptors (Lipinski definition) is 4. The third-order valence-corrected chi connectivity index (χ3v) is 4.91. The van der Waals surface area contributed by atoms with Gasteiger partial charge in [0, 0.05) is 30.8 Å². The van der Waals surface area contributed by atoms with E-state index in [1.165, 1.54) is 18.9 Å². The molecular formula is C18H25N5O2. The minimum absolute atomic E-state index is 0.0816.